The number of hydrogen-bond acceptors (Lipinski definition) is 6. The second-order valence-corrected chi connectivity index (χ2v) is 6.64. The molecule has 0 aliphatic carbocycles. The van der Waals surface area contributed by atoms with E-state index in [1.54, 1.807) is 17.5 Å². The van der Waals surface area contributed by atoms with Crippen LogP contribution in [0.1, 0.15) is 11.4 Å². The van der Waals surface area contributed by atoms with E-state index in [1.807, 2.05) is 36.8 Å². The minimum absolute atomic E-state index is 0.755. The summed E-state index contributed by atoms with van der Waals surface area (Å²) in [5, 5.41) is 3.39. The molecule has 4 rings (SSSR count). The van der Waals surface area contributed by atoms with E-state index in [-0.39, 0.29) is 0 Å². The molecule has 0 spiro atoms. The van der Waals surface area contributed by atoms with Gasteiger partial charge in [0, 0.05) is 30.6 Å². The van der Waals surface area contributed by atoms with Crippen molar-refractivity contribution in [3.05, 3.63) is 65.7 Å². The fraction of sp³-hybridized carbons (Fsp3) is 0.158. The quantitative estimate of drug-likeness (QED) is 0.588. The number of aromatic nitrogens is 4. The minimum Gasteiger partial charge on any atom is -0.370 e. The van der Waals surface area contributed by atoms with Gasteiger partial charge in [-0.1, -0.05) is 12.1 Å². The summed E-state index contributed by atoms with van der Waals surface area (Å²) >= 11 is 1.64. The van der Waals surface area contributed by atoms with Crippen LogP contribution < -0.4 is 5.32 Å². The molecule has 1 N–H and O–H groups in total. The van der Waals surface area contributed by atoms with Crippen LogP contribution in [0.2, 0.25) is 0 Å². The van der Waals surface area contributed by atoms with Crippen molar-refractivity contribution in [2.24, 2.45) is 0 Å². The topological polar surface area (TPSA) is 63.6 Å². The summed E-state index contributed by atoms with van der Waals surface area (Å²) in [6.45, 7) is 2.72. The summed E-state index contributed by atoms with van der Waals surface area (Å²) < 4.78 is 1.17. The Kier molecular flexibility index (Phi) is 4.35. The number of hydrogen-bond donors (Lipinski definition) is 1. The van der Waals surface area contributed by atoms with Crippen LogP contribution in [0.3, 0.4) is 0 Å². The third-order valence-electron chi connectivity index (χ3n) is 3.91. The molecule has 0 bridgehead atoms. The lowest BCUT2D eigenvalue weighted by molar-refractivity contribution is 0.975. The number of aryl methyl sites for hydroxylation is 1. The highest BCUT2D eigenvalue weighted by molar-refractivity contribution is 7.16. The first kappa shape index (κ1) is 15.7. The molecule has 5 nitrogen and oxygen atoms in total. The summed E-state index contributed by atoms with van der Waals surface area (Å²) in [5.74, 6) is 1.60. The smallest absolute Gasteiger partial charge is 0.130 e. The molecule has 3 heterocycles. The molecule has 4 aromatic rings. The van der Waals surface area contributed by atoms with Crippen LogP contribution in [0.15, 0.2) is 54.3 Å². The standard InChI is InChI=1S/C19H17N5S/c1-13-23-17(15-4-5-16-18(9-15)25-12-22-16)10-19(24-13)21-8-6-14-3-2-7-20-11-14/h2-5,7,9-12H,6,8H2,1H3,(H,21,23,24). The first-order valence-electron chi connectivity index (χ1n) is 8.10. The summed E-state index contributed by atoms with van der Waals surface area (Å²) in [6, 6.07) is 12.3. The highest BCUT2D eigenvalue weighted by Crippen LogP contribution is 2.26. The SMILES string of the molecule is Cc1nc(NCCc2cccnc2)cc(-c2ccc3ncsc3c2)n1. The fourth-order valence-corrected chi connectivity index (χ4v) is 3.42. The van der Waals surface area contributed by atoms with Gasteiger partial charge >= 0.3 is 0 Å². The molecular weight excluding hydrogens is 330 g/mol. The van der Waals surface area contributed by atoms with Crippen molar-refractivity contribution in [1.29, 1.82) is 0 Å². The summed E-state index contributed by atoms with van der Waals surface area (Å²) in [7, 11) is 0. The van der Waals surface area contributed by atoms with E-state index < -0.39 is 0 Å². The Morgan fingerprint density at radius 3 is 2.96 bits per heavy atom. The van der Waals surface area contributed by atoms with E-state index in [2.05, 4.69) is 43.5 Å². The number of benzene rings is 1. The molecule has 0 aliphatic rings. The van der Waals surface area contributed by atoms with Gasteiger partial charge in [-0.3, -0.25) is 4.98 Å². The first-order chi connectivity index (χ1) is 12.3. The van der Waals surface area contributed by atoms with E-state index in [4.69, 9.17) is 0 Å². The number of rotatable bonds is 5. The maximum Gasteiger partial charge on any atom is 0.130 e. The van der Waals surface area contributed by atoms with Crippen LogP contribution in [0.4, 0.5) is 5.82 Å². The number of pyridine rings is 1. The van der Waals surface area contributed by atoms with E-state index >= 15 is 0 Å². The van der Waals surface area contributed by atoms with E-state index in [0.29, 0.717) is 0 Å². The average Bonchev–Trinajstić information content (AvgIpc) is 3.10. The van der Waals surface area contributed by atoms with Crippen molar-refractivity contribution < 1.29 is 0 Å². The lowest BCUT2D eigenvalue weighted by Gasteiger charge is -2.09. The zero-order valence-corrected chi connectivity index (χ0v) is 14.6. The molecule has 25 heavy (non-hydrogen) atoms. The molecule has 6 heteroatoms. The second kappa shape index (κ2) is 6.94. The summed E-state index contributed by atoms with van der Waals surface area (Å²) in [4.78, 5) is 17.5. The summed E-state index contributed by atoms with van der Waals surface area (Å²) in [6.07, 6.45) is 4.58. The van der Waals surface area contributed by atoms with Gasteiger partial charge in [0.05, 0.1) is 21.4 Å². The lowest BCUT2D eigenvalue weighted by Crippen LogP contribution is -2.08. The molecule has 0 saturated carbocycles. The second-order valence-electron chi connectivity index (χ2n) is 5.76. The molecule has 0 unspecified atom stereocenters. The molecule has 0 atom stereocenters. The van der Waals surface area contributed by atoms with E-state index in [1.165, 1.54) is 10.3 Å². The average molecular weight is 347 g/mol. The van der Waals surface area contributed by atoms with Crippen molar-refractivity contribution in [1.82, 2.24) is 19.9 Å². The third kappa shape index (κ3) is 3.64. The zero-order valence-electron chi connectivity index (χ0n) is 13.8. The highest BCUT2D eigenvalue weighted by Gasteiger charge is 2.06. The fourth-order valence-electron chi connectivity index (χ4n) is 2.70. The molecule has 124 valence electrons. The molecule has 0 fully saturated rings. The molecule has 0 aliphatic heterocycles. The predicted octanol–water partition coefficient (Wildman–Crippen LogP) is 4.11. The van der Waals surface area contributed by atoms with Crippen molar-refractivity contribution in [2.75, 3.05) is 11.9 Å². The van der Waals surface area contributed by atoms with Crippen LogP contribution in [-0.2, 0) is 6.42 Å². The first-order valence-corrected chi connectivity index (χ1v) is 8.98. The van der Waals surface area contributed by atoms with Crippen molar-refractivity contribution in [3.63, 3.8) is 0 Å². The van der Waals surface area contributed by atoms with Crippen LogP contribution in [-0.4, -0.2) is 26.5 Å². The number of nitrogens with zero attached hydrogens (tertiary/aromatic N) is 4. The Morgan fingerprint density at radius 1 is 1.12 bits per heavy atom. The van der Waals surface area contributed by atoms with Crippen molar-refractivity contribution in [3.8, 4) is 11.3 Å². The number of nitrogens with one attached hydrogen (secondary N) is 1. The van der Waals surface area contributed by atoms with Gasteiger partial charge in [-0.15, -0.1) is 11.3 Å². The van der Waals surface area contributed by atoms with E-state index in [0.717, 1.165) is 41.4 Å². The van der Waals surface area contributed by atoms with Gasteiger partial charge < -0.3 is 5.32 Å². The molecule has 0 saturated heterocycles. The Bertz CT molecular complexity index is 997. The van der Waals surface area contributed by atoms with Crippen molar-refractivity contribution in [2.45, 2.75) is 13.3 Å². The number of fused-ring (bicyclic) bond motifs is 1. The van der Waals surface area contributed by atoms with E-state index in [9.17, 15) is 0 Å². The van der Waals surface area contributed by atoms with Gasteiger partial charge in [0.2, 0.25) is 0 Å². The van der Waals surface area contributed by atoms with Gasteiger partial charge in [-0.05, 0) is 37.1 Å². The van der Waals surface area contributed by atoms with Gasteiger partial charge in [0.1, 0.15) is 11.6 Å². The molecular formula is C19H17N5S. The van der Waals surface area contributed by atoms with Crippen LogP contribution in [0, 0.1) is 6.92 Å². The van der Waals surface area contributed by atoms with Gasteiger partial charge in [-0.2, -0.15) is 0 Å². The monoisotopic (exact) mass is 347 g/mol. The molecule has 0 amide bonds. The van der Waals surface area contributed by atoms with Crippen molar-refractivity contribution >= 4 is 27.4 Å². The molecule has 0 radical (unpaired) electrons. The highest BCUT2D eigenvalue weighted by atomic mass is 32.1. The number of thiazole rings is 1. The normalized spacial score (nSPS) is 10.9. The molecule has 1 aromatic carbocycles. The third-order valence-corrected chi connectivity index (χ3v) is 4.70. The Balaban J connectivity index is 1.53. The van der Waals surface area contributed by atoms with Crippen LogP contribution in [0.25, 0.3) is 21.5 Å². The van der Waals surface area contributed by atoms with Crippen LogP contribution in [0.5, 0.6) is 0 Å². The lowest BCUT2D eigenvalue weighted by atomic mass is 10.1. The maximum absolute atomic E-state index is 4.58. The summed E-state index contributed by atoms with van der Waals surface area (Å²) in [5.41, 5.74) is 6.10. The van der Waals surface area contributed by atoms with Gasteiger partial charge in [0.15, 0.2) is 0 Å². The number of anilines is 1. The largest absolute Gasteiger partial charge is 0.370 e. The van der Waals surface area contributed by atoms with Gasteiger partial charge in [0.25, 0.3) is 0 Å². The Labute approximate surface area is 149 Å². The maximum atomic E-state index is 4.58. The van der Waals surface area contributed by atoms with Gasteiger partial charge in [-0.25, -0.2) is 15.0 Å². The zero-order chi connectivity index (χ0) is 17.1. The van der Waals surface area contributed by atoms with Crippen LogP contribution >= 0.6 is 11.3 Å². The predicted molar refractivity (Wildman–Crippen MR) is 102 cm³/mol. The minimum atomic E-state index is 0.755. The Hall–Kier alpha value is -2.86. The Morgan fingerprint density at radius 2 is 2.08 bits per heavy atom. The molecule has 3 aromatic heterocycles.